The summed E-state index contributed by atoms with van der Waals surface area (Å²) in [5.74, 6) is 1.75. The summed E-state index contributed by atoms with van der Waals surface area (Å²) in [5, 5.41) is 0. The van der Waals surface area contributed by atoms with Gasteiger partial charge in [0.15, 0.2) is 0 Å². The second-order valence-electron chi connectivity index (χ2n) is 7.23. The smallest absolute Gasteiger partial charge is 0.0314 e. The van der Waals surface area contributed by atoms with Crippen LogP contribution in [0.25, 0.3) is 0 Å². The lowest BCUT2D eigenvalue weighted by Crippen LogP contribution is -2.12. The van der Waals surface area contributed by atoms with Crippen LogP contribution in [0, 0.1) is 12.8 Å². The topological polar surface area (TPSA) is 26.0 Å². The van der Waals surface area contributed by atoms with Crippen molar-refractivity contribution in [2.24, 2.45) is 5.92 Å². The Balaban J connectivity index is 1.69. The summed E-state index contributed by atoms with van der Waals surface area (Å²) < 4.78 is 0. The van der Waals surface area contributed by atoms with Crippen molar-refractivity contribution in [3.05, 3.63) is 64.7 Å². The van der Waals surface area contributed by atoms with E-state index in [1.807, 2.05) is 12.1 Å². The van der Waals surface area contributed by atoms with Gasteiger partial charge in [-0.05, 0) is 85.3 Å². The number of benzene rings is 2. The van der Waals surface area contributed by atoms with Crippen LogP contribution in [0.1, 0.15) is 67.2 Å². The number of nitrogen functional groups attached to an aromatic ring is 1. The molecule has 0 aliphatic heterocycles. The van der Waals surface area contributed by atoms with Gasteiger partial charge >= 0.3 is 0 Å². The molecule has 122 valence electrons. The first-order valence-corrected chi connectivity index (χ1v) is 9.09. The van der Waals surface area contributed by atoms with E-state index < -0.39 is 0 Å². The average Bonchev–Trinajstić information content (AvgIpc) is 2.59. The Morgan fingerprint density at radius 2 is 1.65 bits per heavy atom. The minimum atomic E-state index is 0.780. The maximum atomic E-state index is 5.77. The van der Waals surface area contributed by atoms with Crippen molar-refractivity contribution in [3.8, 4) is 0 Å². The van der Waals surface area contributed by atoms with Gasteiger partial charge in [0.1, 0.15) is 0 Å². The van der Waals surface area contributed by atoms with E-state index in [1.54, 1.807) is 5.56 Å². The normalized spacial score (nSPS) is 21.3. The molecule has 1 aliphatic carbocycles. The van der Waals surface area contributed by atoms with Crippen molar-refractivity contribution in [2.45, 2.75) is 58.3 Å². The SMILES string of the molecule is CCC1CCC(c2ccc(Cc3ccc(N)cc3)c(C)c2)CC1. The molecule has 0 spiro atoms. The molecule has 0 radical (unpaired) electrons. The third-order valence-electron chi connectivity index (χ3n) is 5.64. The second-order valence-corrected chi connectivity index (χ2v) is 7.23. The molecule has 0 aromatic heterocycles. The van der Waals surface area contributed by atoms with Gasteiger partial charge in [0, 0.05) is 5.69 Å². The molecule has 0 unspecified atom stereocenters. The average molecular weight is 307 g/mol. The third kappa shape index (κ3) is 3.96. The zero-order valence-electron chi connectivity index (χ0n) is 14.5. The predicted molar refractivity (Wildman–Crippen MR) is 99.8 cm³/mol. The highest BCUT2D eigenvalue weighted by Crippen LogP contribution is 2.37. The Morgan fingerprint density at radius 1 is 0.957 bits per heavy atom. The Bertz CT molecular complexity index is 634. The monoisotopic (exact) mass is 307 g/mol. The number of nitrogens with two attached hydrogens (primary N) is 1. The molecular formula is C22H29N. The van der Waals surface area contributed by atoms with E-state index in [9.17, 15) is 0 Å². The van der Waals surface area contributed by atoms with Crippen LogP contribution in [-0.2, 0) is 6.42 Å². The molecule has 3 rings (SSSR count). The summed E-state index contributed by atoms with van der Waals surface area (Å²) in [4.78, 5) is 0. The number of hydrogen-bond donors (Lipinski definition) is 1. The summed E-state index contributed by atoms with van der Waals surface area (Å²) >= 11 is 0. The van der Waals surface area contributed by atoms with Gasteiger partial charge in [0.25, 0.3) is 0 Å². The Kier molecular flexibility index (Phi) is 5.05. The van der Waals surface area contributed by atoms with Gasteiger partial charge in [-0.2, -0.15) is 0 Å². The molecule has 23 heavy (non-hydrogen) atoms. The van der Waals surface area contributed by atoms with Crippen LogP contribution >= 0.6 is 0 Å². The highest BCUT2D eigenvalue weighted by Gasteiger charge is 2.21. The number of anilines is 1. The molecule has 0 atom stereocenters. The molecule has 1 saturated carbocycles. The molecule has 1 heteroatoms. The number of hydrogen-bond acceptors (Lipinski definition) is 1. The van der Waals surface area contributed by atoms with E-state index in [0.29, 0.717) is 0 Å². The maximum absolute atomic E-state index is 5.77. The maximum Gasteiger partial charge on any atom is 0.0314 e. The van der Waals surface area contributed by atoms with Gasteiger partial charge in [0.05, 0.1) is 0 Å². The Morgan fingerprint density at radius 3 is 2.26 bits per heavy atom. The van der Waals surface area contributed by atoms with Gasteiger partial charge in [-0.3, -0.25) is 0 Å². The first kappa shape index (κ1) is 16.1. The fourth-order valence-corrected chi connectivity index (χ4v) is 3.93. The molecule has 2 N–H and O–H groups in total. The fourth-order valence-electron chi connectivity index (χ4n) is 3.93. The van der Waals surface area contributed by atoms with Gasteiger partial charge in [0.2, 0.25) is 0 Å². The van der Waals surface area contributed by atoms with Crippen LogP contribution < -0.4 is 5.73 Å². The van der Waals surface area contributed by atoms with Crippen LogP contribution in [0.5, 0.6) is 0 Å². The first-order valence-electron chi connectivity index (χ1n) is 9.09. The van der Waals surface area contributed by atoms with Gasteiger partial charge in [-0.15, -0.1) is 0 Å². The van der Waals surface area contributed by atoms with Gasteiger partial charge < -0.3 is 5.73 Å². The molecule has 1 fully saturated rings. The van der Waals surface area contributed by atoms with E-state index in [0.717, 1.165) is 23.9 Å². The molecule has 1 nitrogen and oxygen atoms in total. The standard InChI is InChI=1S/C22H29N/c1-3-17-4-8-19(9-5-17)21-11-10-20(16(2)14-21)15-18-6-12-22(23)13-7-18/h6-7,10-14,17,19H,3-5,8-9,15,23H2,1-2H3. The minimum absolute atomic E-state index is 0.780. The lowest BCUT2D eigenvalue weighted by atomic mass is 9.77. The second kappa shape index (κ2) is 7.21. The number of aryl methyl sites for hydroxylation is 1. The lowest BCUT2D eigenvalue weighted by Gasteiger charge is -2.28. The Labute approximate surface area is 140 Å². The van der Waals surface area contributed by atoms with Crippen molar-refractivity contribution in [3.63, 3.8) is 0 Å². The molecule has 1 aliphatic rings. The van der Waals surface area contributed by atoms with Crippen molar-refractivity contribution in [2.75, 3.05) is 5.73 Å². The quantitative estimate of drug-likeness (QED) is 0.704. The summed E-state index contributed by atoms with van der Waals surface area (Å²) in [6.45, 7) is 4.59. The molecule has 0 saturated heterocycles. The van der Waals surface area contributed by atoms with E-state index in [2.05, 4.69) is 44.2 Å². The summed E-state index contributed by atoms with van der Waals surface area (Å²) in [7, 11) is 0. The van der Waals surface area contributed by atoms with E-state index in [1.165, 1.54) is 48.8 Å². The predicted octanol–water partition coefficient (Wildman–Crippen LogP) is 5.85. The molecule has 0 amide bonds. The zero-order chi connectivity index (χ0) is 16.2. The van der Waals surface area contributed by atoms with Crippen LogP contribution in [-0.4, -0.2) is 0 Å². The molecule has 0 bridgehead atoms. The summed E-state index contributed by atoms with van der Waals surface area (Å²) in [6.07, 6.45) is 7.91. The zero-order valence-corrected chi connectivity index (χ0v) is 14.5. The fraction of sp³-hybridized carbons (Fsp3) is 0.455. The van der Waals surface area contributed by atoms with E-state index >= 15 is 0 Å². The van der Waals surface area contributed by atoms with Crippen molar-refractivity contribution < 1.29 is 0 Å². The van der Waals surface area contributed by atoms with Crippen molar-refractivity contribution in [1.82, 2.24) is 0 Å². The largest absolute Gasteiger partial charge is 0.399 e. The minimum Gasteiger partial charge on any atom is -0.399 e. The highest BCUT2D eigenvalue weighted by molar-refractivity contribution is 5.42. The van der Waals surface area contributed by atoms with Crippen LogP contribution in [0.4, 0.5) is 5.69 Å². The lowest BCUT2D eigenvalue weighted by molar-refractivity contribution is 0.318. The molecule has 2 aromatic carbocycles. The first-order chi connectivity index (χ1) is 11.2. The van der Waals surface area contributed by atoms with Crippen molar-refractivity contribution >= 4 is 5.69 Å². The molecule has 0 heterocycles. The van der Waals surface area contributed by atoms with Crippen LogP contribution in [0.3, 0.4) is 0 Å². The highest BCUT2D eigenvalue weighted by atomic mass is 14.5. The third-order valence-corrected chi connectivity index (χ3v) is 5.64. The van der Waals surface area contributed by atoms with E-state index in [4.69, 9.17) is 5.73 Å². The molecular weight excluding hydrogens is 278 g/mol. The summed E-state index contributed by atoms with van der Waals surface area (Å²) in [5.41, 5.74) is 12.4. The Hall–Kier alpha value is -1.76. The molecule has 2 aromatic rings. The van der Waals surface area contributed by atoms with Crippen LogP contribution in [0.15, 0.2) is 42.5 Å². The summed E-state index contributed by atoms with van der Waals surface area (Å²) in [6, 6.07) is 15.4. The van der Waals surface area contributed by atoms with E-state index in [-0.39, 0.29) is 0 Å². The van der Waals surface area contributed by atoms with Crippen molar-refractivity contribution in [1.29, 1.82) is 0 Å². The van der Waals surface area contributed by atoms with Gasteiger partial charge in [-0.25, -0.2) is 0 Å². The van der Waals surface area contributed by atoms with Crippen LogP contribution in [0.2, 0.25) is 0 Å². The number of rotatable bonds is 4. The van der Waals surface area contributed by atoms with Gasteiger partial charge in [-0.1, -0.05) is 43.7 Å².